The predicted molar refractivity (Wildman–Crippen MR) is 96.7 cm³/mol. The van der Waals surface area contributed by atoms with Gasteiger partial charge in [-0.05, 0) is 57.4 Å². The summed E-state index contributed by atoms with van der Waals surface area (Å²) in [5.74, 6) is -1.09. The van der Waals surface area contributed by atoms with Crippen molar-refractivity contribution in [2.24, 2.45) is 5.73 Å². The molecule has 3 N–H and O–H groups in total. The number of carbonyl (C=O) groups excluding carboxylic acids is 3. The van der Waals surface area contributed by atoms with Crippen LogP contribution in [0, 0.1) is 27.7 Å². The predicted octanol–water partition coefficient (Wildman–Crippen LogP) is 2.83. The van der Waals surface area contributed by atoms with Gasteiger partial charge in [0.25, 0.3) is 11.8 Å². The number of hydrogen-bond acceptors (Lipinski definition) is 5. The van der Waals surface area contributed by atoms with Crippen LogP contribution in [0.2, 0.25) is 0 Å². The van der Waals surface area contributed by atoms with Crippen LogP contribution >= 0.6 is 0 Å². The highest BCUT2D eigenvalue weighted by atomic mass is 16.5. The molecular formula is C19H22N2O5. The number of aryl methyl sites for hydroxylation is 3. The molecule has 0 saturated carbocycles. The third-order valence-corrected chi connectivity index (χ3v) is 4.06. The summed E-state index contributed by atoms with van der Waals surface area (Å²) >= 11 is 0. The van der Waals surface area contributed by atoms with Gasteiger partial charge in [-0.25, -0.2) is 0 Å². The maximum atomic E-state index is 12.2. The van der Waals surface area contributed by atoms with Crippen LogP contribution < -0.4 is 15.8 Å². The molecule has 7 nitrogen and oxygen atoms in total. The molecule has 0 aliphatic rings. The lowest BCUT2D eigenvalue weighted by Crippen LogP contribution is -2.23. The van der Waals surface area contributed by atoms with Crippen LogP contribution in [0.15, 0.2) is 16.5 Å². The summed E-state index contributed by atoms with van der Waals surface area (Å²) in [5, 5.41) is 2.44. The molecule has 0 aliphatic heterocycles. The van der Waals surface area contributed by atoms with Gasteiger partial charge in [0.2, 0.25) is 5.88 Å². The quantitative estimate of drug-likeness (QED) is 0.771. The van der Waals surface area contributed by atoms with Crippen LogP contribution in [-0.2, 0) is 4.79 Å². The number of nitrogens with two attached hydrogens (primary N) is 1. The first-order valence-electron chi connectivity index (χ1n) is 8.06. The number of carbonyl (C=O) groups is 3. The summed E-state index contributed by atoms with van der Waals surface area (Å²) in [5.41, 5.74) is 8.28. The van der Waals surface area contributed by atoms with Crippen molar-refractivity contribution in [3.05, 3.63) is 45.7 Å². The van der Waals surface area contributed by atoms with E-state index in [0.717, 1.165) is 16.7 Å². The summed E-state index contributed by atoms with van der Waals surface area (Å²) in [6.07, 6.45) is 0. The molecular weight excluding hydrogens is 336 g/mol. The molecule has 1 heterocycles. The normalized spacial score (nSPS) is 10.5. The topological polar surface area (TPSA) is 112 Å². The fraction of sp³-hybridized carbons (Fsp3) is 0.316. The van der Waals surface area contributed by atoms with E-state index in [4.69, 9.17) is 14.9 Å². The number of amides is 2. The van der Waals surface area contributed by atoms with E-state index in [0.29, 0.717) is 5.75 Å². The van der Waals surface area contributed by atoms with Crippen LogP contribution in [0.25, 0.3) is 0 Å². The second kappa shape index (κ2) is 7.43. The number of ether oxygens (including phenoxy) is 1. The zero-order valence-electron chi connectivity index (χ0n) is 15.5. The zero-order valence-corrected chi connectivity index (χ0v) is 15.5. The van der Waals surface area contributed by atoms with Gasteiger partial charge in [0.15, 0.2) is 12.4 Å². The van der Waals surface area contributed by atoms with E-state index in [-0.39, 0.29) is 35.2 Å². The van der Waals surface area contributed by atoms with Crippen LogP contribution in [-0.4, -0.2) is 24.2 Å². The van der Waals surface area contributed by atoms with Gasteiger partial charge in [-0.15, -0.1) is 0 Å². The van der Waals surface area contributed by atoms with Crippen LogP contribution in [0.1, 0.15) is 50.1 Å². The third kappa shape index (κ3) is 3.93. The van der Waals surface area contributed by atoms with Gasteiger partial charge in [0.1, 0.15) is 17.1 Å². The molecule has 0 fully saturated rings. The summed E-state index contributed by atoms with van der Waals surface area (Å²) < 4.78 is 10.9. The van der Waals surface area contributed by atoms with Crippen molar-refractivity contribution in [3.8, 4) is 5.75 Å². The molecule has 138 valence electrons. The highest BCUT2D eigenvalue weighted by Crippen LogP contribution is 2.27. The van der Waals surface area contributed by atoms with Gasteiger partial charge in [-0.2, -0.15) is 0 Å². The monoisotopic (exact) mass is 358 g/mol. The second-order valence-corrected chi connectivity index (χ2v) is 6.20. The minimum Gasteiger partial charge on any atom is -0.483 e. The Morgan fingerprint density at radius 3 is 2.35 bits per heavy atom. The molecule has 0 bridgehead atoms. The molecule has 7 heteroatoms. The smallest absolute Gasteiger partial charge is 0.264 e. The van der Waals surface area contributed by atoms with E-state index in [1.807, 2.05) is 32.9 Å². The Balaban J connectivity index is 2.18. The van der Waals surface area contributed by atoms with Crippen molar-refractivity contribution in [3.63, 3.8) is 0 Å². The molecule has 0 radical (unpaired) electrons. The highest BCUT2D eigenvalue weighted by molar-refractivity contribution is 6.12. The van der Waals surface area contributed by atoms with Gasteiger partial charge in [0, 0.05) is 0 Å². The maximum absolute atomic E-state index is 12.2. The number of nitrogens with one attached hydrogen (secondary N) is 1. The number of rotatable bonds is 6. The summed E-state index contributed by atoms with van der Waals surface area (Å²) in [6, 6.07) is 3.87. The van der Waals surface area contributed by atoms with Crippen molar-refractivity contribution >= 4 is 23.5 Å². The van der Waals surface area contributed by atoms with Crippen LogP contribution in [0.3, 0.4) is 0 Å². The third-order valence-electron chi connectivity index (χ3n) is 4.06. The van der Waals surface area contributed by atoms with Crippen molar-refractivity contribution in [1.29, 1.82) is 0 Å². The minimum atomic E-state index is -0.853. The molecule has 2 amide bonds. The summed E-state index contributed by atoms with van der Waals surface area (Å²) in [7, 11) is 0. The van der Waals surface area contributed by atoms with E-state index < -0.39 is 11.8 Å². The number of ketones is 1. The number of furan rings is 1. The van der Waals surface area contributed by atoms with E-state index in [2.05, 4.69) is 5.32 Å². The average Bonchev–Trinajstić information content (AvgIpc) is 2.85. The lowest BCUT2D eigenvalue weighted by atomic mass is 10.1. The van der Waals surface area contributed by atoms with Crippen molar-refractivity contribution in [2.45, 2.75) is 34.6 Å². The Kier molecular flexibility index (Phi) is 5.50. The first kappa shape index (κ1) is 19.2. The van der Waals surface area contributed by atoms with Crippen molar-refractivity contribution < 1.29 is 23.5 Å². The summed E-state index contributed by atoms with van der Waals surface area (Å²) in [6.45, 7) is 8.34. The Hall–Kier alpha value is -3.09. The Labute approximate surface area is 151 Å². The van der Waals surface area contributed by atoms with Crippen LogP contribution in [0.5, 0.6) is 5.75 Å². The molecule has 0 spiro atoms. The number of benzene rings is 1. The fourth-order valence-corrected chi connectivity index (χ4v) is 2.75. The average molecular weight is 358 g/mol. The first-order chi connectivity index (χ1) is 12.1. The van der Waals surface area contributed by atoms with E-state index in [1.165, 1.54) is 13.8 Å². The molecule has 1 aromatic carbocycles. The Bertz CT molecular complexity index is 896. The van der Waals surface area contributed by atoms with E-state index >= 15 is 0 Å². The standard InChI is InChI=1S/C19H22N2O5/c1-9-6-10(2)11(3)14(7-9)25-8-15(23)21-19-17(18(20)24)16(12(4)22)13(5)26-19/h6-7H,8H2,1-5H3,(H2,20,24)(H,21,23). The van der Waals surface area contributed by atoms with Gasteiger partial charge >= 0.3 is 0 Å². The zero-order chi connectivity index (χ0) is 19.6. The molecule has 0 atom stereocenters. The molecule has 26 heavy (non-hydrogen) atoms. The van der Waals surface area contributed by atoms with Gasteiger partial charge in [-0.1, -0.05) is 6.07 Å². The van der Waals surface area contributed by atoms with Gasteiger partial charge in [0.05, 0.1) is 5.56 Å². The van der Waals surface area contributed by atoms with Crippen molar-refractivity contribution in [2.75, 3.05) is 11.9 Å². The first-order valence-corrected chi connectivity index (χ1v) is 8.06. The lowest BCUT2D eigenvalue weighted by Gasteiger charge is -2.12. The number of Topliss-reactive ketones (excluding diaryl/α,β-unsaturated/α-hetero) is 1. The summed E-state index contributed by atoms with van der Waals surface area (Å²) in [4.78, 5) is 35.6. The highest BCUT2D eigenvalue weighted by Gasteiger charge is 2.26. The van der Waals surface area contributed by atoms with E-state index in [1.54, 1.807) is 0 Å². The van der Waals surface area contributed by atoms with Gasteiger partial charge in [-0.3, -0.25) is 19.7 Å². The molecule has 0 unspecified atom stereocenters. The molecule has 1 aromatic heterocycles. The van der Waals surface area contributed by atoms with E-state index in [9.17, 15) is 14.4 Å². The lowest BCUT2D eigenvalue weighted by molar-refractivity contribution is -0.118. The number of hydrogen-bond donors (Lipinski definition) is 2. The minimum absolute atomic E-state index is 0.0684. The maximum Gasteiger partial charge on any atom is 0.264 e. The largest absolute Gasteiger partial charge is 0.483 e. The molecule has 2 rings (SSSR count). The Morgan fingerprint density at radius 1 is 1.12 bits per heavy atom. The molecule has 0 saturated heterocycles. The second-order valence-electron chi connectivity index (χ2n) is 6.20. The SMILES string of the molecule is CC(=O)c1c(C)oc(NC(=O)COc2cc(C)cc(C)c2C)c1C(N)=O. The number of primary amides is 1. The Morgan fingerprint density at radius 2 is 1.77 bits per heavy atom. The molecule has 0 aliphatic carbocycles. The van der Waals surface area contributed by atoms with Gasteiger partial charge < -0.3 is 14.9 Å². The number of anilines is 1. The fourth-order valence-electron chi connectivity index (χ4n) is 2.75. The van der Waals surface area contributed by atoms with Crippen LogP contribution in [0.4, 0.5) is 5.88 Å². The van der Waals surface area contributed by atoms with Crippen molar-refractivity contribution in [1.82, 2.24) is 0 Å². The molecule has 2 aromatic rings.